The van der Waals surface area contributed by atoms with Gasteiger partial charge < -0.3 is 9.73 Å². The van der Waals surface area contributed by atoms with Crippen molar-refractivity contribution < 1.29 is 17.6 Å². The molecule has 1 N–H and O–H groups in total. The summed E-state index contributed by atoms with van der Waals surface area (Å²) in [7, 11) is -3.42. The quantitative estimate of drug-likeness (QED) is 0.736. The Kier molecular flexibility index (Phi) is 6.50. The molecular weight excluding hydrogens is 398 g/mol. The number of carbonyl (C=O) groups is 1. The first kappa shape index (κ1) is 20.9. The molecule has 2 aromatic rings. The Balaban J connectivity index is 1.61. The molecule has 1 aliphatic rings. The topological polar surface area (TPSA) is 76.4 Å². The lowest BCUT2D eigenvalue weighted by Gasteiger charge is -2.34. The molecule has 1 aromatic heterocycles. The highest BCUT2D eigenvalue weighted by molar-refractivity contribution is 7.89. The van der Waals surface area contributed by atoms with E-state index < -0.39 is 9.84 Å². The highest BCUT2D eigenvalue weighted by Gasteiger charge is 2.29. The minimum Gasteiger partial charge on any atom is -0.455 e. The molecule has 5 nitrogen and oxygen atoms in total. The molecule has 7 heteroatoms. The average molecular weight is 424 g/mol. The third-order valence-corrected chi connectivity index (χ3v) is 7.32. The van der Waals surface area contributed by atoms with Crippen LogP contribution in [0.1, 0.15) is 55.0 Å². The summed E-state index contributed by atoms with van der Waals surface area (Å²) in [5, 5.41) is 3.60. The van der Waals surface area contributed by atoms with Crippen molar-refractivity contribution in [2.45, 2.75) is 50.7 Å². The number of rotatable bonds is 6. The Labute approximate surface area is 171 Å². The van der Waals surface area contributed by atoms with Crippen LogP contribution < -0.4 is 5.32 Å². The minimum atomic E-state index is -3.42. The summed E-state index contributed by atoms with van der Waals surface area (Å²) < 4.78 is 30.4. The van der Waals surface area contributed by atoms with Gasteiger partial charge in [0.2, 0.25) is 0 Å². The normalized spacial score (nSPS) is 22.8. The molecular formula is C21H26ClNO4S. The van der Waals surface area contributed by atoms with Gasteiger partial charge in [-0.15, -0.1) is 0 Å². The van der Waals surface area contributed by atoms with Gasteiger partial charge in [-0.1, -0.05) is 50.4 Å². The molecule has 3 atom stereocenters. The van der Waals surface area contributed by atoms with E-state index in [1.165, 1.54) is 6.42 Å². The van der Waals surface area contributed by atoms with Crippen molar-refractivity contribution in [2.24, 2.45) is 11.8 Å². The zero-order valence-electron chi connectivity index (χ0n) is 16.2. The van der Waals surface area contributed by atoms with Crippen LogP contribution >= 0.6 is 11.6 Å². The molecule has 1 amide bonds. The third-order valence-electron chi connectivity index (χ3n) is 5.57. The number of sulfone groups is 1. The number of benzene rings is 1. The second-order valence-electron chi connectivity index (χ2n) is 7.77. The smallest absolute Gasteiger partial charge is 0.287 e. The molecule has 1 aliphatic carbocycles. The standard InChI is InChI=1S/C21H26ClNO4S/c1-14-4-3-5-19(15(14)2)23-21(24)20-11-10-18(27-20)13-28(25,26)12-16-6-8-17(22)9-7-16/h6-11,14-15,19H,3-5,12-13H2,1-2H3,(H,23,24)/t14-,15+,19-/m1/s1. The summed E-state index contributed by atoms with van der Waals surface area (Å²) in [6.07, 6.45) is 3.24. The van der Waals surface area contributed by atoms with Gasteiger partial charge in [-0.25, -0.2) is 8.42 Å². The predicted octanol–water partition coefficient (Wildman–Crippen LogP) is 4.60. The molecule has 1 saturated carbocycles. The number of furan rings is 1. The Morgan fingerprint density at radius 3 is 2.54 bits per heavy atom. The fourth-order valence-electron chi connectivity index (χ4n) is 3.71. The molecule has 1 aromatic carbocycles. The van der Waals surface area contributed by atoms with E-state index in [1.807, 2.05) is 0 Å². The zero-order valence-corrected chi connectivity index (χ0v) is 17.7. The Morgan fingerprint density at radius 2 is 1.82 bits per heavy atom. The van der Waals surface area contributed by atoms with Crippen molar-refractivity contribution in [3.8, 4) is 0 Å². The van der Waals surface area contributed by atoms with E-state index in [2.05, 4.69) is 19.2 Å². The maximum absolute atomic E-state index is 12.5. The van der Waals surface area contributed by atoms with Gasteiger partial charge in [0.25, 0.3) is 5.91 Å². The van der Waals surface area contributed by atoms with E-state index in [4.69, 9.17) is 16.0 Å². The first-order chi connectivity index (χ1) is 13.2. The van der Waals surface area contributed by atoms with Gasteiger partial charge in [-0.3, -0.25) is 4.79 Å². The number of halogens is 1. The van der Waals surface area contributed by atoms with Crippen molar-refractivity contribution in [2.75, 3.05) is 0 Å². The average Bonchev–Trinajstić information content (AvgIpc) is 3.08. The van der Waals surface area contributed by atoms with E-state index in [0.29, 0.717) is 22.4 Å². The van der Waals surface area contributed by atoms with E-state index in [9.17, 15) is 13.2 Å². The number of hydrogen-bond donors (Lipinski definition) is 1. The summed E-state index contributed by atoms with van der Waals surface area (Å²) in [4.78, 5) is 12.5. The first-order valence-corrected chi connectivity index (χ1v) is 11.8. The molecule has 0 radical (unpaired) electrons. The SMILES string of the molecule is C[C@H]1[C@H](C)CCC[C@H]1NC(=O)c1ccc(CS(=O)(=O)Cc2ccc(Cl)cc2)o1. The van der Waals surface area contributed by atoms with Gasteiger partial charge in [-0.05, 0) is 48.1 Å². The second-order valence-corrected chi connectivity index (χ2v) is 10.3. The number of nitrogens with one attached hydrogen (secondary N) is 1. The van der Waals surface area contributed by atoms with Crippen molar-refractivity contribution in [1.82, 2.24) is 5.32 Å². The third kappa shape index (κ3) is 5.39. The molecule has 28 heavy (non-hydrogen) atoms. The predicted molar refractivity (Wildman–Crippen MR) is 110 cm³/mol. The summed E-state index contributed by atoms with van der Waals surface area (Å²) in [6, 6.07) is 9.92. The van der Waals surface area contributed by atoms with Gasteiger partial charge in [0.15, 0.2) is 15.6 Å². The lowest BCUT2D eigenvalue weighted by Crippen LogP contribution is -2.43. The number of carbonyl (C=O) groups excluding carboxylic acids is 1. The van der Waals surface area contributed by atoms with Crippen molar-refractivity contribution in [3.05, 3.63) is 58.5 Å². The highest BCUT2D eigenvalue weighted by atomic mass is 35.5. The molecule has 0 saturated heterocycles. The lowest BCUT2D eigenvalue weighted by molar-refractivity contribution is 0.0861. The van der Waals surface area contributed by atoms with Crippen molar-refractivity contribution in [3.63, 3.8) is 0 Å². The number of hydrogen-bond acceptors (Lipinski definition) is 4. The monoisotopic (exact) mass is 423 g/mol. The Hall–Kier alpha value is -1.79. The fourth-order valence-corrected chi connectivity index (χ4v) is 5.22. The second kappa shape index (κ2) is 8.70. The lowest BCUT2D eigenvalue weighted by atomic mass is 9.78. The van der Waals surface area contributed by atoms with Crippen LogP contribution in [-0.4, -0.2) is 20.4 Å². The highest BCUT2D eigenvalue weighted by Crippen LogP contribution is 2.29. The number of amides is 1. The van der Waals surface area contributed by atoms with E-state index in [0.717, 1.165) is 12.8 Å². The summed E-state index contributed by atoms with van der Waals surface area (Å²) in [5.74, 6) is 0.763. The van der Waals surface area contributed by atoms with Gasteiger partial charge in [0, 0.05) is 11.1 Å². The van der Waals surface area contributed by atoms with Gasteiger partial charge in [0.1, 0.15) is 11.5 Å². The molecule has 1 heterocycles. The first-order valence-electron chi connectivity index (χ1n) is 9.58. The molecule has 152 valence electrons. The van der Waals surface area contributed by atoms with Gasteiger partial charge in [0.05, 0.1) is 5.75 Å². The maximum atomic E-state index is 12.5. The van der Waals surface area contributed by atoms with Crippen LogP contribution in [0, 0.1) is 11.8 Å². The molecule has 3 rings (SSSR count). The fraction of sp³-hybridized carbons (Fsp3) is 0.476. The van der Waals surface area contributed by atoms with Crippen LogP contribution in [-0.2, 0) is 21.3 Å². The van der Waals surface area contributed by atoms with Crippen LogP contribution in [0.5, 0.6) is 0 Å². The zero-order chi connectivity index (χ0) is 20.3. The van der Waals surface area contributed by atoms with Crippen LogP contribution in [0.3, 0.4) is 0 Å². The summed E-state index contributed by atoms with van der Waals surface area (Å²) >= 11 is 5.83. The molecule has 0 spiro atoms. The maximum Gasteiger partial charge on any atom is 0.287 e. The molecule has 0 bridgehead atoms. The van der Waals surface area contributed by atoms with E-state index in [1.54, 1.807) is 36.4 Å². The van der Waals surface area contributed by atoms with Gasteiger partial charge in [-0.2, -0.15) is 0 Å². The Bertz CT molecular complexity index is 920. The van der Waals surface area contributed by atoms with Gasteiger partial charge >= 0.3 is 0 Å². The minimum absolute atomic E-state index is 0.107. The van der Waals surface area contributed by atoms with Crippen LogP contribution in [0.4, 0.5) is 0 Å². The molecule has 0 unspecified atom stereocenters. The van der Waals surface area contributed by atoms with Crippen LogP contribution in [0.25, 0.3) is 0 Å². The van der Waals surface area contributed by atoms with Crippen LogP contribution in [0.15, 0.2) is 40.8 Å². The molecule has 1 fully saturated rings. The Morgan fingerprint density at radius 1 is 1.11 bits per heavy atom. The summed E-state index contributed by atoms with van der Waals surface area (Å²) in [6.45, 7) is 4.37. The van der Waals surface area contributed by atoms with Crippen molar-refractivity contribution >= 4 is 27.3 Å². The largest absolute Gasteiger partial charge is 0.455 e. The van der Waals surface area contributed by atoms with E-state index in [-0.39, 0.29) is 35.0 Å². The van der Waals surface area contributed by atoms with Crippen LogP contribution in [0.2, 0.25) is 5.02 Å². The van der Waals surface area contributed by atoms with Crippen molar-refractivity contribution in [1.29, 1.82) is 0 Å². The van der Waals surface area contributed by atoms with E-state index >= 15 is 0 Å². The molecule has 0 aliphatic heterocycles. The summed E-state index contributed by atoms with van der Waals surface area (Å²) in [5.41, 5.74) is 0.661.